The van der Waals surface area contributed by atoms with E-state index in [4.69, 9.17) is 0 Å². The van der Waals surface area contributed by atoms with Crippen molar-refractivity contribution >= 4 is 0 Å². The third-order valence-corrected chi connectivity index (χ3v) is 5.38. The van der Waals surface area contributed by atoms with Gasteiger partial charge in [0.05, 0.1) is 0 Å². The first kappa shape index (κ1) is 17.0. The Bertz CT molecular complexity index is 231. The number of unbranched alkanes of at least 4 members (excludes halogenated alkanes) is 3. The van der Waals surface area contributed by atoms with Crippen LogP contribution in [0.2, 0.25) is 0 Å². The Kier molecular flexibility index (Phi) is 6.86. The predicted octanol–water partition coefficient (Wildman–Crippen LogP) is 5.40. The molecular weight excluding hydrogens is 230 g/mol. The molecule has 0 aliphatic heterocycles. The summed E-state index contributed by atoms with van der Waals surface area (Å²) in [6.45, 7) is 10.8. The van der Waals surface area contributed by atoms with Gasteiger partial charge in [0.1, 0.15) is 0 Å². The predicted molar refractivity (Wildman–Crippen MR) is 86.5 cm³/mol. The summed E-state index contributed by atoms with van der Waals surface area (Å²) in [5, 5.41) is 3.47. The number of nitrogens with one attached hydrogen (secondary N) is 1. The molecule has 1 aliphatic carbocycles. The van der Waals surface area contributed by atoms with E-state index in [0.717, 1.165) is 5.92 Å². The lowest BCUT2D eigenvalue weighted by molar-refractivity contribution is 0.0790. The molecule has 0 amide bonds. The van der Waals surface area contributed by atoms with Gasteiger partial charge in [-0.15, -0.1) is 0 Å². The Morgan fingerprint density at radius 3 is 2.16 bits per heavy atom. The summed E-state index contributed by atoms with van der Waals surface area (Å²) < 4.78 is 0. The maximum absolute atomic E-state index is 3.47. The van der Waals surface area contributed by atoms with Crippen molar-refractivity contribution in [2.45, 2.75) is 85.5 Å². The molecule has 0 bridgehead atoms. The lowest BCUT2D eigenvalue weighted by atomic mass is 9.62. The van der Waals surface area contributed by atoms with Crippen molar-refractivity contribution in [2.24, 2.45) is 16.7 Å². The van der Waals surface area contributed by atoms with Crippen molar-refractivity contribution in [2.75, 3.05) is 13.6 Å². The highest BCUT2D eigenvalue weighted by molar-refractivity contribution is 4.90. The van der Waals surface area contributed by atoms with Crippen LogP contribution in [-0.2, 0) is 0 Å². The molecular formula is C18H37N. The smallest absolute Gasteiger partial charge is 0.000481 e. The summed E-state index contributed by atoms with van der Waals surface area (Å²) in [5.74, 6) is 0.938. The molecule has 19 heavy (non-hydrogen) atoms. The van der Waals surface area contributed by atoms with Crippen molar-refractivity contribution in [1.82, 2.24) is 5.32 Å². The van der Waals surface area contributed by atoms with Gasteiger partial charge >= 0.3 is 0 Å². The fourth-order valence-electron chi connectivity index (χ4n) is 3.91. The van der Waals surface area contributed by atoms with Gasteiger partial charge in [-0.3, -0.25) is 0 Å². The summed E-state index contributed by atoms with van der Waals surface area (Å²) in [7, 11) is 2.13. The van der Waals surface area contributed by atoms with E-state index in [-0.39, 0.29) is 0 Å². The van der Waals surface area contributed by atoms with E-state index >= 15 is 0 Å². The van der Waals surface area contributed by atoms with E-state index in [1.165, 1.54) is 64.3 Å². The largest absolute Gasteiger partial charge is 0.319 e. The fraction of sp³-hybridized carbons (Fsp3) is 1.00. The summed E-state index contributed by atoms with van der Waals surface area (Å²) in [6.07, 6.45) is 12.9. The highest BCUT2D eigenvalue weighted by Crippen LogP contribution is 2.47. The molecule has 0 radical (unpaired) electrons. The fourth-order valence-corrected chi connectivity index (χ4v) is 3.91. The second-order valence-electron chi connectivity index (χ2n) is 7.98. The second-order valence-corrected chi connectivity index (χ2v) is 7.98. The van der Waals surface area contributed by atoms with Gasteiger partial charge < -0.3 is 5.32 Å². The van der Waals surface area contributed by atoms with Crippen molar-refractivity contribution in [3.63, 3.8) is 0 Å². The minimum Gasteiger partial charge on any atom is -0.319 e. The number of hydrogen-bond acceptors (Lipinski definition) is 1. The van der Waals surface area contributed by atoms with Crippen LogP contribution < -0.4 is 5.32 Å². The highest BCUT2D eigenvalue weighted by atomic mass is 14.8. The molecule has 0 aromatic rings. The first-order valence-electron chi connectivity index (χ1n) is 8.58. The molecule has 0 aromatic carbocycles. The van der Waals surface area contributed by atoms with Crippen LogP contribution in [0, 0.1) is 16.7 Å². The molecule has 0 heterocycles. The topological polar surface area (TPSA) is 12.0 Å². The summed E-state index contributed by atoms with van der Waals surface area (Å²) >= 11 is 0. The van der Waals surface area contributed by atoms with Crippen LogP contribution in [0.15, 0.2) is 0 Å². The van der Waals surface area contributed by atoms with Crippen LogP contribution >= 0.6 is 0 Å². The average Bonchev–Trinajstić information content (AvgIpc) is 2.35. The SMILES string of the molecule is CCCCCCC1(CNC)CCC(C(C)(C)C)CC1. The van der Waals surface area contributed by atoms with Crippen molar-refractivity contribution in [1.29, 1.82) is 0 Å². The Hall–Kier alpha value is -0.0400. The molecule has 1 fully saturated rings. The van der Waals surface area contributed by atoms with Crippen LogP contribution in [0.25, 0.3) is 0 Å². The van der Waals surface area contributed by atoms with Crippen molar-refractivity contribution in [3.05, 3.63) is 0 Å². The molecule has 0 atom stereocenters. The molecule has 1 nitrogen and oxygen atoms in total. The van der Waals surface area contributed by atoms with Crippen LogP contribution in [0.1, 0.15) is 85.5 Å². The van der Waals surface area contributed by atoms with E-state index in [1.807, 2.05) is 0 Å². The molecule has 0 aromatic heterocycles. The van der Waals surface area contributed by atoms with Crippen LogP contribution in [-0.4, -0.2) is 13.6 Å². The average molecular weight is 268 g/mol. The molecule has 1 saturated carbocycles. The first-order chi connectivity index (χ1) is 8.93. The molecule has 0 saturated heterocycles. The zero-order valence-electron chi connectivity index (χ0n) is 14.1. The quantitative estimate of drug-likeness (QED) is 0.609. The standard InChI is InChI=1S/C18H37N/c1-6-7-8-9-12-18(15-19-5)13-10-16(11-14-18)17(2,3)4/h16,19H,6-15H2,1-5H3. The third kappa shape index (κ3) is 5.45. The van der Waals surface area contributed by atoms with Gasteiger partial charge in [0.15, 0.2) is 0 Å². The van der Waals surface area contributed by atoms with Crippen LogP contribution in [0.3, 0.4) is 0 Å². The second kappa shape index (κ2) is 7.67. The van der Waals surface area contributed by atoms with E-state index in [0.29, 0.717) is 10.8 Å². The van der Waals surface area contributed by atoms with Gasteiger partial charge in [-0.2, -0.15) is 0 Å². The lowest BCUT2D eigenvalue weighted by Crippen LogP contribution is -2.38. The molecule has 1 rings (SSSR count). The van der Waals surface area contributed by atoms with Gasteiger partial charge in [-0.25, -0.2) is 0 Å². The lowest BCUT2D eigenvalue weighted by Gasteiger charge is -2.44. The van der Waals surface area contributed by atoms with E-state index < -0.39 is 0 Å². The zero-order chi connectivity index (χ0) is 14.4. The Morgan fingerprint density at radius 2 is 1.68 bits per heavy atom. The monoisotopic (exact) mass is 267 g/mol. The van der Waals surface area contributed by atoms with Gasteiger partial charge in [0.2, 0.25) is 0 Å². The summed E-state index contributed by atoms with van der Waals surface area (Å²) in [5.41, 5.74) is 1.12. The van der Waals surface area contributed by atoms with Gasteiger partial charge in [-0.05, 0) is 55.9 Å². The minimum absolute atomic E-state index is 0.508. The van der Waals surface area contributed by atoms with E-state index in [1.54, 1.807) is 0 Å². The minimum atomic E-state index is 0.508. The van der Waals surface area contributed by atoms with Gasteiger partial charge in [-0.1, -0.05) is 53.4 Å². The van der Waals surface area contributed by atoms with Gasteiger partial charge in [0, 0.05) is 6.54 Å². The Balaban J connectivity index is 2.46. The van der Waals surface area contributed by atoms with Crippen molar-refractivity contribution < 1.29 is 0 Å². The molecule has 1 heteroatoms. The highest BCUT2D eigenvalue weighted by Gasteiger charge is 2.37. The third-order valence-electron chi connectivity index (χ3n) is 5.38. The maximum atomic E-state index is 3.47. The molecule has 0 unspecified atom stereocenters. The van der Waals surface area contributed by atoms with E-state index in [2.05, 4.69) is 40.1 Å². The molecule has 1 N–H and O–H groups in total. The zero-order valence-corrected chi connectivity index (χ0v) is 14.1. The maximum Gasteiger partial charge on any atom is 0.000481 e. The first-order valence-corrected chi connectivity index (χ1v) is 8.58. The molecule has 0 spiro atoms. The van der Waals surface area contributed by atoms with Gasteiger partial charge in [0.25, 0.3) is 0 Å². The van der Waals surface area contributed by atoms with Crippen LogP contribution in [0.5, 0.6) is 0 Å². The molecule has 114 valence electrons. The number of rotatable bonds is 7. The normalized spacial score (nSPS) is 28.6. The number of hydrogen-bond donors (Lipinski definition) is 1. The summed E-state index contributed by atoms with van der Waals surface area (Å²) in [4.78, 5) is 0. The summed E-state index contributed by atoms with van der Waals surface area (Å²) in [6, 6.07) is 0. The van der Waals surface area contributed by atoms with Crippen molar-refractivity contribution in [3.8, 4) is 0 Å². The van der Waals surface area contributed by atoms with Crippen LogP contribution in [0.4, 0.5) is 0 Å². The Morgan fingerprint density at radius 1 is 1.05 bits per heavy atom. The molecule has 1 aliphatic rings. The van der Waals surface area contributed by atoms with E-state index in [9.17, 15) is 0 Å². The Labute approximate surface area is 121 Å².